The van der Waals surface area contributed by atoms with E-state index in [-0.39, 0.29) is 12.1 Å². The van der Waals surface area contributed by atoms with Crippen LogP contribution >= 0.6 is 58.0 Å². The minimum atomic E-state index is -1.15. The summed E-state index contributed by atoms with van der Waals surface area (Å²) in [4.78, 5) is 19.2. The normalized spacial score (nSPS) is 15.2. The average molecular weight is 716 g/mol. The number of aromatic nitrogens is 5. The van der Waals surface area contributed by atoms with Gasteiger partial charge >= 0.3 is 0 Å². The first-order chi connectivity index (χ1) is 19.1. The molecule has 0 bridgehead atoms. The fourth-order valence-electron chi connectivity index (χ4n) is 4.43. The number of nitrogens with zero attached hydrogens (tertiary/aromatic N) is 4. The molecule has 0 radical (unpaired) electrons. The van der Waals surface area contributed by atoms with Crippen LogP contribution in [0.4, 0.5) is 0 Å². The zero-order valence-corrected chi connectivity index (χ0v) is 26.9. The number of aliphatic hydroxyl groups is 1. The summed E-state index contributed by atoms with van der Waals surface area (Å²) in [5.41, 5.74) is 0.406. The molecule has 0 amide bonds. The molecule has 40 heavy (non-hydrogen) atoms. The molecule has 1 saturated carbocycles. The number of ether oxygens (including phenoxy) is 1. The summed E-state index contributed by atoms with van der Waals surface area (Å²) in [6.07, 6.45) is 5.18. The molecular weight excluding hydrogens is 684 g/mol. The van der Waals surface area contributed by atoms with Crippen molar-refractivity contribution >= 4 is 68.9 Å². The van der Waals surface area contributed by atoms with Crippen LogP contribution in [0.5, 0.6) is 6.01 Å². The molecule has 1 atom stereocenters. The van der Waals surface area contributed by atoms with E-state index in [0.29, 0.717) is 46.3 Å². The predicted octanol–water partition coefficient (Wildman–Crippen LogP) is 6.54. The van der Waals surface area contributed by atoms with Gasteiger partial charge in [0.1, 0.15) is 11.9 Å². The quantitative estimate of drug-likeness (QED) is 0.110. The third-order valence-electron chi connectivity index (χ3n) is 6.76. The van der Waals surface area contributed by atoms with E-state index in [2.05, 4.69) is 37.7 Å². The summed E-state index contributed by atoms with van der Waals surface area (Å²) >= 11 is 20.1. The smallest absolute Gasteiger partial charge is 0.299 e. The molecule has 1 fully saturated rings. The van der Waals surface area contributed by atoms with Gasteiger partial charge in [-0.1, -0.05) is 43.6 Å². The van der Waals surface area contributed by atoms with E-state index in [9.17, 15) is 9.90 Å². The Morgan fingerprint density at radius 3 is 2.60 bits per heavy atom. The number of nitrogens with one attached hydrogen (secondary N) is 1. The standard InChI is InChI=1S/C14H15Cl2N3OS.C14H17IN2O2/c15-11-4-2-1-3-10(11)7-14(20,13(16)5-6-13)8-19-12(21)17-9-18-19;1-3-7-17-13(18)11-9-10(15)5-6-12(11)16-14(17)19-8-4-2/h1-4,9,20H,5-8H2,(H,17,18,21);5-6,9H,3-4,7-8H2,1-2H3. The van der Waals surface area contributed by atoms with Crippen LogP contribution in [0, 0.1) is 8.34 Å². The van der Waals surface area contributed by atoms with Gasteiger partial charge in [-0.2, -0.15) is 10.1 Å². The van der Waals surface area contributed by atoms with Crippen molar-refractivity contribution in [2.24, 2.45) is 0 Å². The highest BCUT2D eigenvalue weighted by molar-refractivity contribution is 14.1. The molecule has 2 heterocycles. The first-order valence-electron chi connectivity index (χ1n) is 13.2. The lowest BCUT2D eigenvalue weighted by Gasteiger charge is -2.33. The van der Waals surface area contributed by atoms with Crippen LogP contribution in [0.1, 0.15) is 45.1 Å². The van der Waals surface area contributed by atoms with E-state index in [0.717, 1.165) is 34.8 Å². The molecule has 0 spiro atoms. The summed E-state index contributed by atoms with van der Waals surface area (Å²) in [6, 6.07) is 13.6. The van der Waals surface area contributed by atoms with Crippen molar-refractivity contribution in [1.82, 2.24) is 24.3 Å². The van der Waals surface area contributed by atoms with Gasteiger partial charge in [-0.15, -0.1) is 11.6 Å². The topological polar surface area (TPSA) is 98.0 Å². The Balaban J connectivity index is 0.000000186. The number of hydrogen-bond donors (Lipinski definition) is 2. The summed E-state index contributed by atoms with van der Waals surface area (Å²) in [5, 5.41) is 16.6. The minimum Gasteiger partial charge on any atom is -0.465 e. The second kappa shape index (κ2) is 13.3. The monoisotopic (exact) mass is 715 g/mol. The number of alkyl halides is 1. The van der Waals surface area contributed by atoms with Crippen molar-refractivity contribution in [3.63, 3.8) is 0 Å². The Kier molecular flexibility index (Phi) is 10.3. The Labute approximate surface area is 261 Å². The molecule has 214 valence electrons. The highest BCUT2D eigenvalue weighted by Crippen LogP contribution is 2.53. The van der Waals surface area contributed by atoms with Gasteiger partial charge in [-0.3, -0.25) is 9.36 Å². The molecule has 0 aliphatic heterocycles. The summed E-state index contributed by atoms with van der Waals surface area (Å²) < 4.78 is 10.3. The van der Waals surface area contributed by atoms with Crippen molar-refractivity contribution in [1.29, 1.82) is 0 Å². The van der Waals surface area contributed by atoms with Crippen molar-refractivity contribution in [3.05, 3.63) is 78.1 Å². The van der Waals surface area contributed by atoms with Crippen LogP contribution in [-0.4, -0.2) is 46.5 Å². The Bertz CT molecular complexity index is 1590. The van der Waals surface area contributed by atoms with E-state index >= 15 is 0 Å². The number of hydrogen-bond acceptors (Lipinski definition) is 6. The molecule has 12 heteroatoms. The summed E-state index contributed by atoms with van der Waals surface area (Å²) in [7, 11) is 0. The Morgan fingerprint density at radius 1 is 1.23 bits per heavy atom. The highest BCUT2D eigenvalue weighted by atomic mass is 127. The fraction of sp³-hybridized carbons (Fsp3) is 0.429. The maximum absolute atomic E-state index is 12.5. The highest BCUT2D eigenvalue weighted by Gasteiger charge is 2.58. The minimum absolute atomic E-state index is 0.0172. The second-order valence-electron chi connectivity index (χ2n) is 9.88. The number of halogens is 3. The molecule has 5 rings (SSSR count). The number of aromatic amines is 1. The van der Waals surface area contributed by atoms with Gasteiger partial charge < -0.3 is 14.8 Å². The van der Waals surface area contributed by atoms with Crippen molar-refractivity contribution in [2.45, 2.75) is 69.5 Å². The van der Waals surface area contributed by atoms with Gasteiger partial charge in [-0.05, 0) is 90.3 Å². The lowest BCUT2D eigenvalue weighted by Crippen LogP contribution is -2.47. The third kappa shape index (κ3) is 7.07. The van der Waals surface area contributed by atoms with Crippen LogP contribution in [0.3, 0.4) is 0 Å². The van der Waals surface area contributed by atoms with Crippen molar-refractivity contribution < 1.29 is 9.84 Å². The van der Waals surface area contributed by atoms with Gasteiger partial charge in [0, 0.05) is 21.6 Å². The first-order valence-corrected chi connectivity index (χ1v) is 15.4. The van der Waals surface area contributed by atoms with Crippen molar-refractivity contribution in [2.75, 3.05) is 6.61 Å². The van der Waals surface area contributed by atoms with Gasteiger partial charge in [0.05, 0.1) is 28.9 Å². The zero-order valence-electron chi connectivity index (χ0n) is 22.4. The molecule has 8 nitrogen and oxygen atoms in total. The number of rotatable bonds is 10. The Morgan fingerprint density at radius 2 is 1.98 bits per heavy atom. The lowest BCUT2D eigenvalue weighted by molar-refractivity contribution is 0.00728. The van der Waals surface area contributed by atoms with E-state index in [4.69, 9.17) is 40.2 Å². The maximum atomic E-state index is 12.5. The number of H-pyrrole nitrogens is 1. The largest absolute Gasteiger partial charge is 0.465 e. The number of fused-ring (bicyclic) bond motifs is 1. The van der Waals surface area contributed by atoms with Gasteiger partial charge in [0.2, 0.25) is 0 Å². The van der Waals surface area contributed by atoms with Crippen LogP contribution in [0.15, 0.2) is 53.6 Å². The second-order valence-corrected chi connectivity index (χ2v) is 12.6. The van der Waals surface area contributed by atoms with Crippen molar-refractivity contribution in [3.8, 4) is 6.01 Å². The van der Waals surface area contributed by atoms with Crippen LogP contribution < -0.4 is 10.3 Å². The SMILES string of the molecule is CCCOc1nc2ccc(I)cc2c(=O)n1CCC.OC(Cc1ccccc1Cl)(Cn1nc[nH]c1=S)C1(Cl)CC1. The number of benzene rings is 2. The first kappa shape index (κ1) is 31.0. The molecule has 0 saturated heterocycles. The Hall–Kier alpha value is -1.99. The molecular formula is C28H32Cl2IN5O3S. The molecule has 2 N–H and O–H groups in total. The summed E-state index contributed by atoms with van der Waals surface area (Å²) in [5.74, 6) is 0. The van der Waals surface area contributed by atoms with E-state index < -0.39 is 10.5 Å². The van der Waals surface area contributed by atoms with E-state index in [1.165, 1.54) is 6.33 Å². The van der Waals surface area contributed by atoms with Crippen LogP contribution in [-0.2, 0) is 19.5 Å². The van der Waals surface area contributed by atoms with E-state index in [1.54, 1.807) is 9.25 Å². The molecule has 4 aromatic rings. The molecule has 1 unspecified atom stereocenters. The third-order valence-corrected chi connectivity index (χ3v) is 8.86. The molecule has 2 aromatic heterocycles. The summed E-state index contributed by atoms with van der Waals surface area (Å²) in [6.45, 7) is 5.52. The molecule has 2 aromatic carbocycles. The molecule has 1 aliphatic rings. The predicted molar refractivity (Wildman–Crippen MR) is 170 cm³/mol. The van der Waals surface area contributed by atoms with Gasteiger partial charge in [-0.25, -0.2) is 4.68 Å². The maximum Gasteiger partial charge on any atom is 0.299 e. The zero-order chi connectivity index (χ0) is 28.9. The fourth-order valence-corrected chi connectivity index (χ4v) is 5.51. The average Bonchev–Trinajstić information content (AvgIpc) is 3.58. The van der Waals surface area contributed by atoms with Crippen LogP contribution in [0.2, 0.25) is 5.02 Å². The van der Waals surface area contributed by atoms with Crippen LogP contribution in [0.25, 0.3) is 10.9 Å². The van der Waals surface area contributed by atoms with E-state index in [1.807, 2.05) is 56.3 Å². The lowest BCUT2D eigenvalue weighted by atomic mass is 9.89. The molecule has 1 aliphatic carbocycles. The van der Waals surface area contributed by atoms with Gasteiger partial charge in [0.25, 0.3) is 11.6 Å². The van der Waals surface area contributed by atoms with Gasteiger partial charge in [0.15, 0.2) is 4.77 Å².